The first-order valence-electron chi connectivity index (χ1n) is 9.44. The van der Waals surface area contributed by atoms with Crippen LogP contribution >= 0.6 is 11.6 Å². The highest BCUT2D eigenvalue weighted by Crippen LogP contribution is 2.24. The minimum absolute atomic E-state index is 0.542. The van der Waals surface area contributed by atoms with Gasteiger partial charge in [0.25, 0.3) is 0 Å². The number of aryl methyl sites for hydroxylation is 1. The van der Waals surface area contributed by atoms with Gasteiger partial charge in [0.2, 0.25) is 0 Å². The summed E-state index contributed by atoms with van der Waals surface area (Å²) in [5, 5.41) is 4.20. The molecule has 0 fully saturated rings. The Labute approximate surface area is 172 Å². The fourth-order valence-corrected chi connectivity index (χ4v) is 3.12. The van der Waals surface area contributed by atoms with Gasteiger partial charge < -0.3 is 14.8 Å². The van der Waals surface area contributed by atoms with Crippen LogP contribution in [0.4, 0.5) is 0 Å². The summed E-state index contributed by atoms with van der Waals surface area (Å²) in [7, 11) is 1.68. The molecule has 3 aromatic rings. The molecule has 0 amide bonds. The van der Waals surface area contributed by atoms with E-state index in [1.54, 1.807) is 7.11 Å². The smallest absolute Gasteiger partial charge is 0.124 e. The van der Waals surface area contributed by atoms with E-state index in [0.717, 1.165) is 40.6 Å². The van der Waals surface area contributed by atoms with E-state index in [1.165, 1.54) is 11.1 Å². The van der Waals surface area contributed by atoms with Gasteiger partial charge in [-0.3, -0.25) is 0 Å². The third-order valence-corrected chi connectivity index (χ3v) is 4.84. The number of hydrogen-bond acceptors (Lipinski definition) is 3. The zero-order valence-corrected chi connectivity index (χ0v) is 17.1. The lowest BCUT2D eigenvalue weighted by atomic mass is 10.1. The van der Waals surface area contributed by atoms with Crippen LogP contribution in [0.25, 0.3) is 0 Å². The average Bonchev–Trinajstić information content (AvgIpc) is 2.72. The first kappa shape index (κ1) is 20.2. The van der Waals surface area contributed by atoms with Gasteiger partial charge in [-0.2, -0.15) is 0 Å². The molecular formula is C24H26ClNO2. The normalized spacial score (nSPS) is 10.7. The Hall–Kier alpha value is -2.49. The maximum Gasteiger partial charge on any atom is 0.124 e. The Kier molecular flexibility index (Phi) is 7.35. The van der Waals surface area contributed by atoms with Crippen molar-refractivity contribution < 1.29 is 9.47 Å². The molecule has 0 saturated heterocycles. The van der Waals surface area contributed by atoms with Gasteiger partial charge in [0.05, 0.1) is 7.11 Å². The van der Waals surface area contributed by atoms with Crippen molar-refractivity contribution in [3.63, 3.8) is 0 Å². The number of hydrogen-bond donors (Lipinski definition) is 1. The standard InChI is InChI=1S/C24H26ClNO2/c1-18-3-5-20(6-4-18)17-28-24-12-9-22(25)15-21(24)16-26-14-13-19-7-10-23(27-2)11-8-19/h3-12,15,26H,13-14,16-17H2,1-2H3. The summed E-state index contributed by atoms with van der Waals surface area (Å²) in [6.07, 6.45) is 0.949. The van der Waals surface area contributed by atoms with E-state index in [9.17, 15) is 0 Å². The van der Waals surface area contributed by atoms with Gasteiger partial charge in [-0.15, -0.1) is 0 Å². The topological polar surface area (TPSA) is 30.5 Å². The zero-order chi connectivity index (χ0) is 19.8. The van der Waals surface area contributed by atoms with Gasteiger partial charge in [-0.05, 0) is 61.3 Å². The minimum Gasteiger partial charge on any atom is -0.497 e. The van der Waals surface area contributed by atoms with Crippen molar-refractivity contribution in [1.82, 2.24) is 5.32 Å². The molecular weight excluding hydrogens is 370 g/mol. The molecule has 0 aliphatic carbocycles. The predicted molar refractivity (Wildman–Crippen MR) is 115 cm³/mol. The Morgan fingerprint density at radius 3 is 2.32 bits per heavy atom. The summed E-state index contributed by atoms with van der Waals surface area (Å²) in [4.78, 5) is 0. The van der Waals surface area contributed by atoms with Crippen molar-refractivity contribution in [2.75, 3.05) is 13.7 Å². The average molecular weight is 396 g/mol. The molecule has 0 aromatic heterocycles. The zero-order valence-electron chi connectivity index (χ0n) is 16.4. The lowest BCUT2D eigenvalue weighted by Crippen LogP contribution is -2.17. The minimum atomic E-state index is 0.542. The van der Waals surface area contributed by atoms with Crippen LogP contribution in [0.3, 0.4) is 0 Å². The van der Waals surface area contributed by atoms with Crippen molar-refractivity contribution in [2.24, 2.45) is 0 Å². The fraction of sp³-hybridized carbons (Fsp3) is 0.250. The van der Waals surface area contributed by atoms with Crippen molar-refractivity contribution in [3.8, 4) is 11.5 Å². The van der Waals surface area contributed by atoms with Crippen molar-refractivity contribution in [2.45, 2.75) is 26.5 Å². The molecule has 4 heteroatoms. The van der Waals surface area contributed by atoms with E-state index in [-0.39, 0.29) is 0 Å². The molecule has 0 radical (unpaired) electrons. The number of nitrogens with one attached hydrogen (secondary N) is 1. The van der Waals surface area contributed by atoms with Crippen LogP contribution in [-0.2, 0) is 19.6 Å². The van der Waals surface area contributed by atoms with E-state index in [2.05, 4.69) is 48.6 Å². The highest BCUT2D eigenvalue weighted by Gasteiger charge is 2.06. The third-order valence-electron chi connectivity index (χ3n) is 4.60. The molecule has 0 heterocycles. The molecule has 1 N–H and O–H groups in total. The molecule has 0 unspecified atom stereocenters. The molecule has 0 atom stereocenters. The maximum absolute atomic E-state index is 6.19. The molecule has 28 heavy (non-hydrogen) atoms. The number of ether oxygens (including phenoxy) is 2. The molecule has 3 nitrogen and oxygen atoms in total. The van der Waals surface area contributed by atoms with E-state index in [0.29, 0.717) is 13.2 Å². The highest BCUT2D eigenvalue weighted by atomic mass is 35.5. The third kappa shape index (κ3) is 6.01. The first-order valence-corrected chi connectivity index (χ1v) is 9.82. The largest absolute Gasteiger partial charge is 0.497 e. The monoisotopic (exact) mass is 395 g/mol. The Morgan fingerprint density at radius 2 is 1.61 bits per heavy atom. The second-order valence-corrected chi connectivity index (χ2v) is 7.24. The molecule has 0 saturated carbocycles. The van der Waals surface area contributed by atoms with Gasteiger partial charge >= 0.3 is 0 Å². The summed E-state index contributed by atoms with van der Waals surface area (Å²) < 4.78 is 11.2. The van der Waals surface area contributed by atoms with E-state index in [4.69, 9.17) is 21.1 Å². The number of halogens is 1. The second kappa shape index (κ2) is 10.2. The second-order valence-electron chi connectivity index (χ2n) is 6.80. The van der Waals surface area contributed by atoms with Crippen molar-refractivity contribution in [1.29, 1.82) is 0 Å². The number of benzene rings is 3. The SMILES string of the molecule is COc1ccc(CCNCc2cc(Cl)ccc2OCc2ccc(C)cc2)cc1. The van der Waals surface area contributed by atoms with E-state index in [1.807, 2.05) is 30.3 Å². The van der Waals surface area contributed by atoms with Crippen LogP contribution in [0.15, 0.2) is 66.7 Å². The fourth-order valence-electron chi connectivity index (χ4n) is 2.92. The van der Waals surface area contributed by atoms with Crippen molar-refractivity contribution in [3.05, 3.63) is 94.0 Å². The summed E-state index contributed by atoms with van der Waals surface area (Å²) in [6, 6.07) is 22.3. The van der Waals surface area contributed by atoms with Gasteiger partial charge in [0.1, 0.15) is 18.1 Å². The first-order chi connectivity index (χ1) is 13.6. The van der Waals surface area contributed by atoms with Gasteiger partial charge in [-0.1, -0.05) is 53.6 Å². The van der Waals surface area contributed by atoms with Gasteiger partial charge in [0, 0.05) is 17.1 Å². The lowest BCUT2D eigenvalue weighted by Gasteiger charge is -2.13. The molecule has 3 aromatic carbocycles. The summed E-state index contributed by atoms with van der Waals surface area (Å²) >= 11 is 6.19. The van der Waals surface area contributed by atoms with Crippen LogP contribution in [-0.4, -0.2) is 13.7 Å². The van der Waals surface area contributed by atoms with Crippen LogP contribution in [0.5, 0.6) is 11.5 Å². The van der Waals surface area contributed by atoms with Crippen LogP contribution in [0.2, 0.25) is 5.02 Å². The molecule has 0 bridgehead atoms. The molecule has 0 aliphatic heterocycles. The lowest BCUT2D eigenvalue weighted by molar-refractivity contribution is 0.302. The molecule has 0 spiro atoms. The highest BCUT2D eigenvalue weighted by molar-refractivity contribution is 6.30. The van der Waals surface area contributed by atoms with Gasteiger partial charge in [-0.25, -0.2) is 0 Å². The molecule has 0 aliphatic rings. The van der Waals surface area contributed by atoms with E-state index < -0.39 is 0 Å². The molecule has 3 rings (SSSR count). The Morgan fingerprint density at radius 1 is 0.893 bits per heavy atom. The summed E-state index contributed by atoms with van der Waals surface area (Å²) in [6.45, 7) is 4.20. The van der Waals surface area contributed by atoms with Crippen LogP contribution in [0, 0.1) is 6.92 Å². The Bertz CT molecular complexity index is 876. The maximum atomic E-state index is 6.19. The number of rotatable bonds is 9. The summed E-state index contributed by atoms with van der Waals surface area (Å²) in [5.74, 6) is 1.74. The predicted octanol–water partition coefficient (Wildman–Crippen LogP) is 5.57. The molecule has 146 valence electrons. The number of methoxy groups -OCH3 is 1. The van der Waals surface area contributed by atoms with Crippen LogP contribution < -0.4 is 14.8 Å². The Balaban J connectivity index is 1.53. The quantitative estimate of drug-likeness (QED) is 0.480. The summed E-state index contributed by atoms with van der Waals surface area (Å²) in [5.41, 5.74) is 4.74. The van der Waals surface area contributed by atoms with E-state index >= 15 is 0 Å². The van der Waals surface area contributed by atoms with Crippen LogP contribution in [0.1, 0.15) is 22.3 Å². The van der Waals surface area contributed by atoms with Gasteiger partial charge in [0.15, 0.2) is 0 Å². The van der Waals surface area contributed by atoms with Crippen molar-refractivity contribution >= 4 is 11.6 Å².